The van der Waals surface area contributed by atoms with Gasteiger partial charge < -0.3 is 10.6 Å². The first-order valence-corrected chi connectivity index (χ1v) is 7.24. The van der Waals surface area contributed by atoms with Gasteiger partial charge in [0.05, 0.1) is 5.02 Å². The molecule has 1 saturated heterocycles. The fourth-order valence-corrected chi connectivity index (χ4v) is 2.80. The summed E-state index contributed by atoms with van der Waals surface area (Å²) < 4.78 is 0. The third-order valence-corrected chi connectivity index (χ3v) is 3.98. The standard InChI is InChI=1S/C14H20ClN3O/c1-2-10-6-4-3-5-9-18(10)14(19)13-11(15)7-8-12(16)17-13/h7-8,10H,2-6,9H2,1H3,(H2,16,17). The van der Waals surface area contributed by atoms with E-state index in [4.69, 9.17) is 17.3 Å². The predicted octanol–water partition coefficient (Wildman–Crippen LogP) is 3.11. The van der Waals surface area contributed by atoms with Crippen molar-refractivity contribution < 1.29 is 4.79 Å². The highest BCUT2D eigenvalue weighted by molar-refractivity contribution is 6.33. The van der Waals surface area contributed by atoms with Crippen LogP contribution < -0.4 is 5.73 Å². The summed E-state index contributed by atoms with van der Waals surface area (Å²) in [5, 5.41) is 0.373. The molecular weight excluding hydrogens is 262 g/mol. The summed E-state index contributed by atoms with van der Waals surface area (Å²) in [6.07, 6.45) is 5.43. The lowest BCUT2D eigenvalue weighted by atomic mass is 10.1. The van der Waals surface area contributed by atoms with E-state index in [0.717, 1.165) is 25.8 Å². The van der Waals surface area contributed by atoms with E-state index in [1.807, 2.05) is 4.90 Å². The molecule has 2 rings (SSSR count). The summed E-state index contributed by atoms with van der Waals surface area (Å²) in [5.74, 6) is 0.238. The number of likely N-dealkylation sites (tertiary alicyclic amines) is 1. The van der Waals surface area contributed by atoms with Gasteiger partial charge in [0.15, 0.2) is 0 Å². The number of nitrogen functional groups attached to an aromatic ring is 1. The molecule has 4 nitrogen and oxygen atoms in total. The van der Waals surface area contributed by atoms with Gasteiger partial charge in [-0.3, -0.25) is 4.79 Å². The number of hydrogen-bond donors (Lipinski definition) is 1. The molecule has 19 heavy (non-hydrogen) atoms. The zero-order valence-corrected chi connectivity index (χ0v) is 12.0. The normalized spacial score (nSPS) is 20.1. The lowest BCUT2D eigenvalue weighted by Gasteiger charge is -2.29. The number of carbonyl (C=O) groups is 1. The molecule has 5 heteroatoms. The van der Waals surface area contributed by atoms with Crippen LogP contribution in [0.1, 0.15) is 49.5 Å². The van der Waals surface area contributed by atoms with Crippen LogP contribution in [0.25, 0.3) is 0 Å². The Kier molecular flexibility index (Phi) is 4.64. The van der Waals surface area contributed by atoms with Crippen molar-refractivity contribution in [2.24, 2.45) is 0 Å². The van der Waals surface area contributed by atoms with Crippen molar-refractivity contribution in [3.8, 4) is 0 Å². The Bertz CT molecular complexity index is 464. The van der Waals surface area contributed by atoms with Crippen molar-refractivity contribution in [3.63, 3.8) is 0 Å². The van der Waals surface area contributed by atoms with Crippen molar-refractivity contribution in [1.29, 1.82) is 0 Å². The van der Waals surface area contributed by atoms with Crippen LogP contribution in [-0.4, -0.2) is 28.4 Å². The number of pyridine rings is 1. The van der Waals surface area contributed by atoms with E-state index in [9.17, 15) is 4.79 Å². The topological polar surface area (TPSA) is 59.2 Å². The van der Waals surface area contributed by atoms with Crippen molar-refractivity contribution >= 4 is 23.3 Å². The molecule has 0 radical (unpaired) electrons. The van der Waals surface area contributed by atoms with Gasteiger partial charge in [0.1, 0.15) is 11.5 Å². The van der Waals surface area contributed by atoms with E-state index >= 15 is 0 Å². The second-order valence-corrected chi connectivity index (χ2v) is 5.38. The largest absolute Gasteiger partial charge is 0.384 e. The Hall–Kier alpha value is -1.29. The van der Waals surface area contributed by atoms with Crippen molar-refractivity contribution in [1.82, 2.24) is 9.88 Å². The van der Waals surface area contributed by atoms with E-state index in [0.29, 0.717) is 10.8 Å². The van der Waals surface area contributed by atoms with Crippen LogP contribution in [0.3, 0.4) is 0 Å². The Balaban J connectivity index is 2.27. The summed E-state index contributed by atoms with van der Waals surface area (Å²) in [4.78, 5) is 18.6. The second-order valence-electron chi connectivity index (χ2n) is 4.98. The van der Waals surface area contributed by atoms with Crippen LogP contribution in [-0.2, 0) is 0 Å². The third kappa shape index (κ3) is 3.18. The van der Waals surface area contributed by atoms with Crippen molar-refractivity contribution in [2.45, 2.75) is 45.1 Å². The van der Waals surface area contributed by atoms with E-state index in [2.05, 4.69) is 11.9 Å². The van der Waals surface area contributed by atoms with Gasteiger partial charge in [0, 0.05) is 12.6 Å². The monoisotopic (exact) mass is 281 g/mol. The number of hydrogen-bond acceptors (Lipinski definition) is 3. The van der Waals surface area contributed by atoms with Gasteiger partial charge in [-0.2, -0.15) is 0 Å². The molecule has 1 aromatic heterocycles. The summed E-state index contributed by atoms with van der Waals surface area (Å²) in [6, 6.07) is 3.53. The maximum absolute atomic E-state index is 12.6. The molecule has 1 aromatic rings. The lowest BCUT2D eigenvalue weighted by Crippen LogP contribution is -2.40. The molecule has 2 heterocycles. The minimum absolute atomic E-state index is 0.0916. The Morgan fingerprint density at radius 1 is 1.47 bits per heavy atom. The number of nitrogens with two attached hydrogens (primary N) is 1. The van der Waals surface area contributed by atoms with Crippen molar-refractivity contribution in [3.05, 3.63) is 22.8 Å². The van der Waals surface area contributed by atoms with Gasteiger partial charge in [0.25, 0.3) is 5.91 Å². The molecule has 0 spiro atoms. The van der Waals surface area contributed by atoms with Crippen LogP contribution in [0, 0.1) is 0 Å². The van der Waals surface area contributed by atoms with E-state index in [-0.39, 0.29) is 17.6 Å². The second kappa shape index (κ2) is 6.24. The highest BCUT2D eigenvalue weighted by atomic mass is 35.5. The van der Waals surface area contributed by atoms with Gasteiger partial charge in [0.2, 0.25) is 0 Å². The Morgan fingerprint density at radius 2 is 2.26 bits per heavy atom. The Labute approximate surface area is 118 Å². The summed E-state index contributed by atoms with van der Waals surface area (Å²) in [5.41, 5.74) is 5.93. The fraction of sp³-hybridized carbons (Fsp3) is 0.571. The fourth-order valence-electron chi connectivity index (χ4n) is 2.61. The van der Waals surface area contributed by atoms with Gasteiger partial charge >= 0.3 is 0 Å². The molecule has 1 fully saturated rings. The zero-order chi connectivity index (χ0) is 13.8. The summed E-state index contributed by atoms with van der Waals surface area (Å²) in [7, 11) is 0. The van der Waals surface area contributed by atoms with Crippen molar-refractivity contribution in [2.75, 3.05) is 12.3 Å². The predicted molar refractivity (Wildman–Crippen MR) is 77.2 cm³/mol. The number of carbonyl (C=O) groups excluding carboxylic acids is 1. The molecule has 0 saturated carbocycles. The molecule has 104 valence electrons. The minimum atomic E-state index is -0.0916. The van der Waals surface area contributed by atoms with Crippen LogP contribution in [0.2, 0.25) is 5.02 Å². The number of aromatic nitrogens is 1. The molecule has 0 aromatic carbocycles. The third-order valence-electron chi connectivity index (χ3n) is 3.68. The van der Waals surface area contributed by atoms with Crippen LogP contribution in [0.4, 0.5) is 5.82 Å². The first kappa shape index (κ1) is 14.1. The molecular formula is C14H20ClN3O. The van der Waals surface area contributed by atoms with Gasteiger partial charge in [-0.05, 0) is 31.4 Å². The van der Waals surface area contributed by atoms with Crippen LogP contribution in [0.5, 0.6) is 0 Å². The number of amides is 1. The SMILES string of the molecule is CCC1CCCCCN1C(=O)c1nc(N)ccc1Cl. The molecule has 0 aliphatic carbocycles. The molecule has 1 atom stereocenters. The number of halogens is 1. The number of rotatable bonds is 2. The zero-order valence-electron chi connectivity index (χ0n) is 11.2. The highest BCUT2D eigenvalue weighted by Gasteiger charge is 2.27. The maximum Gasteiger partial charge on any atom is 0.274 e. The first-order chi connectivity index (χ1) is 9.13. The van der Waals surface area contributed by atoms with E-state index < -0.39 is 0 Å². The van der Waals surface area contributed by atoms with Crippen LogP contribution in [0.15, 0.2) is 12.1 Å². The van der Waals surface area contributed by atoms with E-state index in [1.165, 1.54) is 12.8 Å². The average molecular weight is 282 g/mol. The number of nitrogens with zero attached hydrogens (tertiary/aromatic N) is 2. The molecule has 1 unspecified atom stereocenters. The average Bonchev–Trinajstić information content (AvgIpc) is 2.65. The molecule has 1 aliphatic rings. The lowest BCUT2D eigenvalue weighted by molar-refractivity contribution is 0.0672. The Morgan fingerprint density at radius 3 is 3.00 bits per heavy atom. The van der Waals surface area contributed by atoms with E-state index in [1.54, 1.807) is 12.1 Å². The molecule has 1 amide bonds. The first-order valence-electron chi connectivity index (χ1n) is 6.86. The highest BCUT2D eigenvalue weighted by Crippen LogP contribution is 2.24. The van der Waals surface area contributed by atoms with Gasteiger partial charge in [-0.25, -0.2) is 4.98 Å². The minimum Gasteiger partial charge on any atom is -0.384 e. The quantitative estimate of drug-likeness (QED) is 0.906. The molecule has 1 aliphatic heterocycles. The number of anilines is 1. The molecule has 0 bridgehead atoms. The maximum atomic E-state index is 12.6. The van der Waals surface area contributed by atoms with Crippen LogP contribution >= 0.6 is 11.6 Å². The van der Waals surface area contributed by atoms with Gasteiger partial charge in [-0.15, -0.1) is 0 Å². The summed E-state index contributed by atoms with van der Waals surface area (Å²) >= 11 is 6.08. The smallest absolute Gasteiger partial charge is 0.274 e. The summed E-state index contributed by atoms with van der Waals surface area (Å²) in [6.45, 7) is 2.90. The van der Waals surface area contributed by atoms with Gasteiger partial charge in [-0.1, -0.05) is 31.4 Å². The molecule has 2 N–H and O–H groups in total.